The van der Waals surface area contributed by atoms with Crippen LogP contribution in [0.3, 0.4) is 0 Å². The molecule has 0 aliphatic rings. The highest BCUT2D eigenvalue weighted by atomic mass is 16.5. The van der Waals surface area contributed by atoms with Gasteiger partial charge in [-0.2, -0.15) is 4.73 Å². The van der Waals surface area contributed by atoms with Crippen molar-refractivity contribution in [1.29, 1.82) is 0 Å². The number of carboxylic acids is 1. The zero-order valence-corrected chi connectivity index (χ0v) is 7.04. The molecule has 0 aliphatic heterocycles. The molecule has 70 valence electrons. The van der Waals surface area contributed by atoms with Crippen LogP contribution in [0.25, 0.3) is 11.0 Å². The second-order valence-corrected chi connectivity index (χ2v) is 2.77. The van der Waals surface area contributed by atoms with Gasteiger partial charge in [-0.25, -0.2) is 9.78 Å². The summed E-state index contributed by atoms with van der Waals surface area (Å²) in [6.45, 7) is 0. The van der Waals surface area contributed by atoms with Crippen LogP contribution in [-0.2, 0) is 0 Å². The van der Waals surface area contributed by atoms with E-state index < -0.39 is 5.97 Å². The van der Waals surface area contributed by atoms with E-state index >= 15 is 0 Å². The van der Waals surface area contributed by atoms with E-state index in [9.17, 15) is 10.0 Å². The maximum atomic E-state index is 11.2. The molecular formula is C9H6N2O3. The Morgan fingerprint density at radius 2 is 2.36 bits per heavy atom. The summed E-state index contributed by atoms with van der Waals surface area (Å²) in [5, 5.41) is 19.9. The SMILES string of the molecule is O=C(O)c1cnc2ccc[n+]([O-])c2c1. The van der Waals surface area contributed by atoms with E-state index in [-0.39, 0.29) is 11.1 Å². The van der Waals surface area contributed by atoms with Crippen LogP contribution in [0.15, 0.2) is 30.6 Å². The zero-order valence-electron chi connectivity index (χ0n) is 7.04. The third kappa shape index (κ3) is 1.24. The largest absolute Gasteiger partial charge is 0.618 e. The van der Waals surface area contributed by atoms with Crippen LogP contribution in [0.1, 0.15) is 10.4 Å². The smallest absolute Gasteiger partial charge is 0.337 e. The number of pyridine rings is 2. The molecule has 2 heterocycles. The highest BCUT2D eigenvalue weighted by Gasteiger charge is 2.09. The molecule has 0 amide bonds. The number of hydrogen-bond acceptors (Lipinski definition) is 3. The highest BCUT2D eigenvalue weighted by molar-refractivity contribution is 5.90. The maximum Gasteiger partial charge on any atom is 0.337 e. The Bertz CT molecular complexity index is 510. The Balaban J connectivity index is 2.76. The predicted molar refractivity (Wildman–Crippen MR) is 47.7 cm³/mol. The van der Waals surface area contributed by atoms with Crippen LogP contribution in [0, 0.1) is 5.21 Å². The summed E-state index contributed by atoms with van der Waals surface area (Å²) in [4.78, 5) is 14.5. The van der Waals surface area contributed by atoms with Crippen molar-refractivity contribution in [1.82, 2.24) is 4.98 Å². The highest BCUT2D eigenvalue weighted by Crippen LogP contribution is 2.08. The number of rotatable bonds is 1. The first-order valence-corrected chi connectivity index (χ1v) is 3.90. The summed E-state index contributed by atoms with van der Waals surface area (Å²) in [6, 6.07) is 4.51. The van der Waals surface area contributed by atoms with Crippen molar-refractivity contribution in [2.75, 3.05) is 0 Å². The van der Waals surface area contributed by atoms with E-state index in [1.54, 1.807) is 12.1 Å². The molecule has 0 spiro atoms. The zero-order chi connectivity index (χ0) is 10.1. The first-order valence-electron chi connectivity index (χ1n) is 3.90. The second kappa shape index (κ2) is 2.95. The van der Waals surface area contributed by atoms with E-state index in [0.29, 0.717) is 10.2 Å². The van der Waals surface area contributed by atoms with Crippen molar-refractivity contribution in [2.45, 2.75) is 0 Å². The van der Waals surface area contributed by atoms with Crippen LogP contribution in [0.5, 0.6) is 0 Å². The lowest BCUT2D eigenvalue weighted by atomic mass is 10.2. The minimum Gasteiger partial charge on any atom is -0.618 e. The van der Waals surface area contributed by atoms with Crippen molar-refractivity contribution in [3.05, 3.63) is 41.4 Å². The standard InChI is InChI=1S/C9H6N2O3/c12-9(13)6-4-8-7(10-5-6)2-1-3-11(8)14/h1-5H,(H,12,13). The lowest BCUT2D eigenvalue weighted by molar-refractivity contribution is -0.577. The molecule has 0 atom stereocenters. The fourth-order valence-electron chi connectivity index (χ4n) is 1.18. The van der Waals surface area contributed by atoms with Gasteiger partial charge in [-0.3, -0.25) is 0 Å². The maximum absolute atomic E-state index is 11.2. The predicted octanol–water partition coefficient (Wildman–Crippen LogP) is 0.566. The number of hydrogen-bond donors (Lipinski definition) is 1. The summed E-state index contributed by atoms with van der Waals surface area (Å²) in [7, 11) is 0. The number of carboxylic acid groups (broad SMARTS) is 1. The molecule has 1 N–H and O–H groups in total. The second-order valence-electron chi connectivity index (χ2n) is 2.77. The Morgan fingerprint density at radius 3 is 3.07 bits per heavy atom. The van der Waals surface area contributed by atoms with Gasteiger partial charge in [0.05, 0.1) is 5.56 Å². The van der Waals surface area contributed by atoms with Gasteiger partial charge in [0, 0.05) is 18.3 Å². The summed E-state index contributed by atoms with van der Waals surface area (Å²) >= 11 is 0. The van der Waals surface area contributed by atoms with Gasteiger partial charge in [0.1, 0.15) is 5.52 Å². The third-order valence-corrected chi connectivity index (χ3v) is 1.86. The van der Waals surface area contributed by atoms with Crippen molar-refractivity contribution in [3.63, 3.8) is 0 Å². The van der Waals surface area contributed by atoms with E-state index in [0.717, 1.165) is 0 Å². The van der Waals surface area contributed by atoms with Crippen molar-refractivity contribution in [2.24, 2.45) is 0 Å². The van der Waals surface area contributed by atoms with E-state index in [1.807, 2.05) is 0 Å². The van der Waals surface area contributed by atoms with Gasteiger partial charge in [-0.05, 0) is 6.07 Å². The topological polar surface area (TPSA) is 77.1 Å². The molecule has 2 aromatic heterocycles. The molecule has 0 aliphatic carbocycles. The number of carbonyl (C=O) groups is 1. The Kier molecular flexibility index (Phi) is 1.78. The van der Waals surface area contributed by atoms with Gasteiger partial charge < -0.3 is 10.3 Å². The molecule has 0 saturated carbocycles. The number of aromatic nitrogens is 2. The average molecular weight is 190 g/mol. The molecule has 0 radical (unpaired) electrons. The van der Waals surface area contributed by atoms with Crippen molar-refractivity contribution in [3.8, 4) is 0 Å². The van der Waals surface area contributed by atoms with E-state index in [4.69, 9.17) is 5.11 Å². The molecule has 5 nitrogen and oxygen atoms in total. The minimum absolute atomic E-state index is 0.00769. The van der Waals surface area contributed by atoms with Crippen LogP contribution < -0.4 is 4.73 Å². The van der Waals surface area contributed by atoms with Gasteiger partial charge in [-0.15, -0.1) is 0 Å². The summed E-state index contributed by atoms with van der Waals surface area (Å²) in [5.74, 6) is -1.09. The molecule has 0 bridgehead atoms. The van der Waals surface area contributed by atoms with E-state index in [1.165, 1.54) is 18.5 Å². The first-order chi connectivity index (χ1) is 6.68. The molecule has 0 aromatic carbocycles. The molecule has 2 aromatic rings. The third-order valence-electron chi connectivity index (χ3n) is 1.86. The Labute approximate surface area is 78.8 Å². The summed E-state index contributed by atoms with van der Waals surface area (Å²) < 4.78 is 0.592. The van der Waals surface area contributed by atoms with Crippen LogP contribution in [0.2, 0.25) is 0 Å². The lowest BCUT2D eigenvalue weighted by Crippen LogP contribution is -2.26. The number of fused-ring (bicyclic) bond motifs is 1. The molecule has 5 heteroatoms. The van der Waals surface area contributed by atoms with Crippen molar-refractivity contribution >= 4 is 17.0 Å². The van der Waals surface area contributed by atoms with Gasteiger partial charge in [0.15, 0.2) is 6.20 Å². The fraction of sp³-hybridized carbons (Fsp3) is 0. The molecule has 0 fully saturated rings. The van der Waals surface area contributed by atoms with Gasteiger partial charge in [-0.1, -0.05) is 0 Å². The molecule has 14 heavy (non-hydrogen) atoms. The van der Waals surface area contributed by atoms with Crippen molar-refractivity contribution < 1.29 is 14.6 Å². The van der Waals surface area contributed by atoms with Gasteiger partial charge in [0.2, 0.25) is 5.52 Å². The summed E-state index contributed by atoms with van der Waals surface area (Å²) in [5.41, 5.74) is 0.744. The lowest BCUT2D eigenvalue weighted by Gasteiger charge is -2.00. The van der Waals surface area contributed by atoms with E-state index in [2.05, 4.69) is 4.98 Å². The monoisotopic (exact) mass is 190 g/mol. The fourth-order valence-corrected chi connectivity index (χ4v) is 1.18. The average Bonchev–Trinajstić information content (AvgIpc) is 2.18. The molecule has 2 rings (SSSR count). The first kappa shape index (κ1) is 8.43. The number of nitrogens with zero attached hydrogens (tertiary/aromatic N) is 2. The Hall–Kier alpha value is -2.17. The molecule has 0 saturated heterocycles. The number of aromatic carboxylic acids is 1. The quantitative estimate of drug-likeness (QED) is 0.526. The van der Waals surface area contributed by atoms with Gasteiger partial charge in [0.25, 0.3) is 0 Å². The normalized spacial score (nSPS) is 10.3. The van der Waals surface area contributed by atoms with Crippen LogP contribution in [-0.4, -0.2) is 16.1 Å². The molecule has 0 unspecified atom stereocenters. The molecular weight excluding hydrogens is 184 g/mol. The summed E-state index contributed by atoms with van der Waals surface area (Å²) in [6.07, 6.45) is 2.53. The van der Waals surface area contributed by atoms with Crippen LogP contribution in [0.4, 0.5) is 0 Å². The minimum atomic E-state index is -1.09. The Morgan fingerprint density at radius 1 is 1.57 bits per heavy atom. The van der Waals surface area contributed by atoms with Gasteiger partial charge >= 0.3 is 5.97 Å². The van der Waals surface area contributed by atoms with Crippen LogP contribution >= 0.6 is 0 Å².